The predicted octanol–water partition coefficient (Wildman–Crippen LogP) is 21.3. The average Bonchev–Trinajstić information content (AvgIpc) is 3.40. The Morgan fingerprint density at radius 2 is 0.541 bits per heavy atom. The summed E-state index contributed by atoms with van der Waals surface area (Å²) in [5, 5.41) is 0. The molecule has 0 amide bonds. The van der Waals surface area contributed by atoms with E-state index in [1.165, 1.54) is 135 Å². The second-order valence-electron chi connectivity index (χ2n) is 20.6. The largest absolute Gasteiger partial charge is 0.462 e. The normalized spacial score (nSPS) is 12.7. The number of carbonyl (C=O) groups is 3. The molecule has 1 atom stereocenters. The first-order valence-electron chi connectivity index (χ1n) is 31.2. The van der Waals surface area contributed by atoms with Crippen LogP contribution >= 0.6 is 0 Å². The van der Waals surface area contributed by atoms with Crippen LogP contribution in [-0.4, -0.2) is 37.2 Å². The predicted molar refractivity (Wildman–Crippen MR) is 320 cm³/mol. The van der Waals surface area contributed by atoms with Gasteiger partial charge in [-0.1, -0.05) is 279 Å². The van der Waals surface area contributed by atoms with Gasteiger partial charge in [-0.05, 0) is 96.3 Å². The van der Waals surface area contributed by atoms with Gasteiger partial charge < -0.3 is 14.2 Å². The van der Waals surface area contributed by atoms with Crippen LogP contribution in [0.1, 0.15) is 297 Å². The van der Waals surface area contributed by atoms with Crippen LogP contribution in [0.4, 0.5) is 0 Å². The van der Waals surface area contributed by atoms with Crippen LogP contribution < -0.4 is 0 Å². The SMILES string of the molecule is CC/C=C\C/C=C\C/C=C\C/C=C\C/C=C\C/C=C\CCCCCCCCCCC(=O)OCC(COC(=O)CCCCCCC/C=C\C/C=C\CCCC)OC(=O)CCCCCCCCCCCCCCCCC. The highest BCUT2D eigenvalue weighted by Gasteiger charge is 2.19. The smallest absolute Gasteiger partial charge is 0.306 e. The number of allylic oxidation sites excluding steroid dienone is 16. The van der Waals surface area contributed by atoms with Crippen molar-refractivity contribution in [2.75, 3.05) is 13.2 Å². The lowest BCUT2D eigenvalue weighted by Crippen LogP contribution is -2.30. The fraction of sp³-hybridized carbons (Fsp3) is 0.721. The summed E-state index contributed by atoms with van der Waals surface area (Å²) in [4.78, 5) is 38.2. The van der Waals surface area contributed by atoms with Crippen molar-refractivity contribution < 1.29 is 28.6 Å². The molecule has 0 heterocycles. The van der Waals surface area contributed by atoms with Gasteiger partial charge in [0.15, 0.2) is 6.10 Å². The molecule has 0 aromatic rings. The van der Waals surface area contributed by atoms with Crippen LogP contribution in [0, 0.1) is 0 Å². The third-order valence-electron chi connectivity index (χ3n) is 13.3. The van der Waals surface area contributed by atoms with E-state index in [2.05, 4.69) is 118 Å². The summed E-state index contributed by atoms with van der Waals surface area (Å²) < 4.78 is 16.9. The van der Waals surface area contributed by atoms with Gasteiger partial charge in [0.05, 0.1) is 0 Å². The lowest BCUT2D eigenvalue weighted by Gasteiger charge is -2.18. The zero-order chi connectivity index (χ0) is 53.6. The van der Waals surface area contributed by atoms with Crippen LogP contribution in [0.15, 0.2) is 97.2 Å². The molecule has 0 N–H and O–H groups in total. The summed E-state index contributed by atoms with van der Waals surface area (Å²) >= 11 is 0. The van der Waals surface area contributed by atoms with E-state index < -0.39 is 6.10 Å². The Morgan fingerprint density at radius 3 is 0.865 bits per heavy atom. The lowest BCUT2D eigenvalue weighted by atomic mass is 10.0. The Labute approximate surface area is 457 Å². The standard InChI is InChI=1S/C68H116O6/c1-4-7-10-13-16-19-22-25-28-29-30-31-32-33-34-35-36-37-38-39-41-43-46-49-52-55-58-61-67(70)73-64-65(63-72-66(69)60-57-54-51-48-45-42-27-24-21-18-15-12-9-6-3)74-68(71)62-59-56-53-50-47-44-40-26-23-20-17-14-11-8-5-2/h7,10,15-16,18-19,24-25,27-28,30-31,33-34,36-37,65H,4-6,8-9,11-14,17,20-23,26,29,32,35,38-64H2,1-3H3/b10-7-,18-15-,19-16-,27-24-,28-25-,31-30-,34-33-,37-36-. The molecular formula is C68H116O6. The summed E-state index contributed by atoms with van der Waals surface area (Å²) in [7, 11) is 0. The minimum Gasteiger partial charge on any atom is -0.462 e. The first kappa shape index (κ1) is 70.3. The zero-order valence-electron chi connectivity index (χ0n) is 48.6. The molecule has 74 heavy (non-hydrogen) atoms. The van der Waals surface area contributed by atoms with Gasteiger partial charge in [-0.25, -0.2) is 0 Å². The second-order valence-corrected chi connectivity index (χ2v) is 20.6. The minimum atomic E-state index is -0.786. The van der Waals surface area contributed by atoms with E-state index in [-0.39, 0.29) is 31.1 Å². The van der Waals surface area contributed by atoms with E-state index >= 15 is 0 Å². The van der Waals surface area contributed by atoms with Gasteiger partial charge in [-0.15, -0.1) is 0 Å². The third kappa shape index (κ3) is 59.2. The van der Waals surface area contributed by atoms with Crippen LogP contribution in [-0.2, 0) is 28.6 Å². The van der Waals surface area contributed by atoms with Crippen molar-refractivity contribution in [1.29, 1.82) is 0 Å². The van der Waals surface area contributed by atoms with Gasteiger partial charge in [0.1, 0.15) is 13.2 Å². The molecule has 0 aliphatic carbocycles. The van der Waals surface area contributed by atoms with Crippen LogP contribution in [0.25, 0.3) is 0 Å². The van der Waals surface area contributed by atoms with Crippen LogP contribution in [0.5, 0.6) is 0 Å². The Hall–Kier alpha value is -3.67. The fourth-order valence-electron chi connectivity index (χ4n) is 8.64. The summed E-state index contributed by atoms with van der Waals surface area (Å²) in [6, 6.07) is 0. The molecule has 0 saturated carbocycles. The molecule has 0 aliphatic heterocycles. The molecule has 0 aromatic carbocycles. The van der Waals surface area contributed by atoms with Crippen molar-refractivity contribution in [2.45, 2.75) is 303 Å². The molecule has 1 unspecified atom stereocenters. The van der Waals surface area contributed by atoms with Gasteiger partial charge >= 0.3 is 17.9 Å². The van der Waals surface area contributed by atoms with E-state index in [0.29, 0.717) is 19.3 Å². The van der Waals surface area contributed by atoms with E-state index in [1.807, 2.05) is 0 Å². The molecule has 0 fully saturated rings. The first-order valence-corrected chi connectivity index (χ1v) is 31.2. The Kier molecular flexibility index (Phi) is 58.8. The molecule has 0 aliphatic rings. The summed E-state index contributed by atoms with van der Waals surface area (Å²) in [5.74, 6) is -0.896. The second kappa shape index (κ2) is 61.9. The topological polar surface area (TPSA) is 78.9 Å². The van der Waals surface area contributed by atoms with Crippen molar-refractivity contribution in [1.82, 2.24) is 0 Å². The van der Waals surface area contributed by atoms with Crippen molar-refractivity contribution in [3.8, 4) is 0 Å². The Morgan fingerprint density at radius 1 is 0.284 bits per heavy atom. The van der Waals surface area contributed by atoms with Crippen molar-refractivity contribution in [2.24, 2.45) is 0 Å². The fourth-order valence-corrected chi connectivity index (χ4v) is 8.64. The van der Waals surface area contributed by atoms with Gasteiger partial charge in [-0.2, -0.15) is 0 Å². The van der Waals surface area contributed by atoms with Gasteiger partial charge in [0, 0.05) is 19.3 Å². The van der Waals surface area contributed by atoms with E-state index in [9.17, 15) is 14.4 Å². The van der Waals surface area contributed by atoms with E-state index in [1.54, 1.807) is 0 Å². The van der Waals surface area contributed by atoms with Gasteiger partial charge in [-0.3, -0.25) is 14.4 Å². The highest BCUT2D eigenvalue weighted by Crippen LogP contribution is 2.16. The summed E-state index contributed by atoms with van der Waals surface area (Å²) in [5.41, 5.74) is 0. The van der Waals surface area contributed by atoms with Crippen molar-refractivity contribution in [3.05, 3.63) is 97.2 Å². The third-order valence-corrected chi connectivity index (χ3v) is 13.3. The van der Waals surface area contributed by atoms with Crippen molar-refractivity contribution >= 4 is 17.9 Å². The Bertz CT molecular complexity index is 1460. The first-order chi connectivity index (χ1) is 36.5. The molecule has 0 radical (unpaired) electrons. The molecule has 6 nitrogen and oxygen atoms in total. The number of hydrogen-bond acceptors (Lipinski definition) is 6. The zero-order valence-corrected chi connectivity index (χ0v) is 48.6. The summed E-state index contributed by atoms with van der Waals surface area (Å²) in [6.07, 6.45) is 82.6. The number of esters is 3. The maximum absolute atomic E-state index is 12.9. The maximum Gasteiger partial charge on any atom is 0.306 e. The number of hydrogen-bond donors (Lipinski definition) is 0. The van der Waals surface area contributed by atoms with Gasteiger partial charge in [0.25, 0.3) is 0 Å². The van der Waals surface area contributed by atoms with Gasteiger partial charge in [0.2, 0.25) is 0 Å². The number of carbonyl (C=O) groups excluding carboxylic acids is 3. The maximum atomic E-state index is 12.9. The monoisotopic (exact) mass is 1030 g/mol. The molecule has 0 saturated heterocycles. The Balaban J connectivity index is 4.33. The van der Waals surface area contributed by atoms with Crippen LogP contribution in [0.3, 0.4) is 0 Å². The van der Waals surface area contributed by atoms with E-state index in [4.69, 9.17) is 14.2 Å². The minimum absolute atomic E-state index is 0.0845. The highest BCUT2D eigenvalue weighted by molar-refractivity contribution is 5.71. The average molecular weight is 1030 g/mol. The molecule has 424 valence electrons. The lowest BCUT2D eigenvalue weighted by molar-refractivity contribution is -0.167. The number of rotatable bonds is 56. The highest BCUT2D eigenvalue weighted by atomic mass is 16.6. The molecule has 0 rings (SSSR count). The molecule has 0 bridgehead atoms. The summed E-state index contributed by atoms with van der Waals surface area (Å²) in [6.45, 7) is 6.49. The number of ether oxygens (including phenoxy) is 3. The van der Waals surface area contributed by atoms with Crippen LogP contribution in [0.2, 0.25) is 0 Å². The molecule has 0 spiro atoms. The molecular weight excluding hydrogens is 913 g/mol. The van der Waals surface area contributed by atoms with E-state index in [0.717, 1.165) is 122 Å². The molecule has 6 heteroatoms. The van der Waals surface area contributed by atoms with Crippen molar-refractivity contribution in [3.63, 3.8) is 0 Å². The number of unbranched alkanes of at least 4 members (excludes halogenated alkanes) is 29. The quantitative estimate of drug-likeness (QED) is 0.0261. The molecule has 0 aromatic heterocycles.